The number of aromatic nitrogens is 1. The number of fused-ring (bicyclic) bond motifs is 1. The molecule has 0 aliphatic heterocycles. The number of anilines is 1. The molecule has 1 atom stereocenters. The summed E-state index contributed by atoms with van der Waals surface area (Å²) < 4.78 is 64.1. The number of aromatic amines is 1. The van der Waals surface area contributed by atoms with Gasteiger partial charge < -0.3 is 15.2 Å². The van der Waals surface area contributed by atoms with Gasteiger partial charge in [0.1, 0.15) is 5.82 Å². The second-order valence-corrected chi connectivity index (χ2v) is 6.40. The second-order valence-electron chi connectivity index (χ2n) is 5.99. The van der Waals surface area contributed by atoms with Crippen molar-refractivity contribution in [1.82, 2.24) is 9.88 Å². The van der Waals surface area contributed by atoms with E-state index < -0.39 is 42.1 Å². The van der Waals surface area contributed by atoms with Crippen molar-refractivity contribution in [1.29, 1.82) is 0 Å². The van der Waals surface area contributed by atoms with E-state index in [1.54, 1.807) is 0 Å². The molecule has 3 rings (SSSR count). The number of H-pyrrole nitrogens is 1. The lowest BCUT2D eigenvalue weighted by Crippen LogP contribution is -2.34. The van der Waals surface area contributed by atoms with Gasteiger partial charge in [0.05, 0.1) is 16.5 Å². The third-order valence-electron chi connectivity index (χ3n) is 4.20. The van der Waals surface area contributed by atoms with E-state index in [1.807, 2.05) is 0 Å². The van der Waals surface area contributed by atoms with Gasteiger partial charge in [0.2, 0.25) is 0 Å². The fraction of sp³-hybridized carbons (Fsp3) is 0.158. The van der Waals surface area contributed by atoms with Gasteiger partial charge in [0.25, 0.3) is 5.56 Å². The molecule has 0 fully saturated rings. The number of halogens is 4. The number of nitrogens with zero attached hydrogens (tertiary/aromatic N) is 1. The molecule has 3 aromatic rings. The summed E-state index contributed by atoms with van der Waals surface area (Å²) in [6.07, 6.45) is 1.13. The standard InChI is InChI=1S/C19H15ClF3N3O2/c1-9(26(2)19(28)25-10-3-4-15(21)14(20)5-10)13-8-24-18(27)12-7-17(23)16(22)6-11(12)13/h3-9H,1-2H3,(H,24,27)(H,25,28)/i2D3. The summed E-state index contributed by atoms with van der Waals surface area (Å²) in [5.74, 6) is -3.21. The third-order valence-corrected chi connectivity index (χ3v) is 4.49. The molecular weight excluding hydrogens is 395 g/mol. The average molecular weight is 413 g/mol. The first-order chi connectivity index (χ1) is 14.4. The summed E-state index contributed by atoms with van der Waals surface area (Å²) in [5.41, 5.74) is -0.607. The van der Waals surface area contributed by atoms with E-state index in [-0.39, 0.29) is 27.0 Å². The molecule has 28 heavy (non-hydrogen) atoms. The van der Waals surface area contributed by atoms with Gasteiger partial charge in [-0.25, -0.2) is 18.0 Å². The van der Waals surface area contributed by atoms with E-state index in [1.165, 1.54) is 13.0 Å². The predicted molar refractivity (Wildman–Crippen MR) is 101 cm³/mol. The summed E-state index contributed by atoms with van der Waals surface area (Å²) in [7, 11) is 0. The molecule has 5 nitrogen and oxygen atoms in total. The molecule has 1 aromatic heterocycles. The van der Waals surface area contributed by atoms with Gasteiger partial charge in [-0.05, 0) is 48.2 Å². The molecule has 0 saturated heterocycles. The van der Waals surface area contributed by atoms with Crippen molar-refractivity contribution in [3.05, 3.63) is 74.9 Å². The van der Waals surface area contributed by atoms with Crippen LogP contribution >= 0.6 is 11.6 Å². The number of rotatable bonds is 3. The van der Waals surface area contributed by atoms with Crippen LogP contribution < -0.4 is 10.9 Å². The molecule has 2 N–H and O–H groups in total. The van der Waals surface area contributed by atoms with Gasteiger partial charge in [-0.2, -0.15) is 0 Å². The van der Waals surface area contributed by atoms with E-state index in [4.69, 9.17) is 15.7 Å². The van der Waals surface area contributed by atoms with E-state index >= 15 is 0 Å². The highest BCUT2D eigenvalue weighted by molar-refractivity contribution is 6.31. The van der Waals surface area contributed by atoms with Crippen molar-refractivity contribution in [3.8, 4) is 0 Å². The molecule has 0 aliphatic carbocycles. The molecule has 1 unspecified atom stereocenters. The Kier molecular flexibility index (Phi) is 4.32. The zero-order chi connectivity index (χ0) is 23.1. The monoisotopic (exact) mass is 412 g/mol. The molecule has 9 heteroatoms. The van der Waals surface area contributed by atoms with Gasteiger partial charge in [-0.1, -0.05) is 11.6 Å². The molecule has 0 aliphatic rings. The van der Waals surface area contributed by atoms with Crippen molar-refractivity contribution < 1.29 is 22.1 Å². The van der Waals surface area contributed by atoms with Crippen molar-refractivity contribution in [2.75, 3.05) is 12.3 Å². The van der Waals surface area contributed by atoms with Gasteiger partial charge in [0.15, 0.2) is 11.6 Å². The van der Waals surface area contributed by atoms with Crippen molar-refractivity contribution in [3.63, 3.8) is 0 Å². The summed E-state index contributed by atoms with van der Waals surface area (Å²) in [4.78, 5) is 27.7. The van der Waals surface area contributed by atoms with Crippen LogP contribution in [0.15, 0.2) is 41.3 Å². The highest BCUT2D eigenvalue weighted by Gasteiger charge is 2.21. The molecule has 2 amide bonds. The average Bonchev–Trinajstić information content (AvgIpc) is 2.65. The Labute approximate surface area is 166 Å². The molecule has 146 valence electrons. The Morgan fingerprint density at radius 1 is 1.18 bits per heavy atom. The molecular formula is C19H15ClF3N3O2. The summed E-state index contributed by atoms with van der Waals surface area (Å²) in [6, 6.07) is 2.44. The minimum atomic E-state index is -2.96. The van der Waals surface area contributed by atoms with Crippen molar-refractivity contribution >= 4 is 34.1 Å². The summed E-state index contributed by atoms with van der Waals surface area (Å²) in [5, 5.41) is 1.77. The zero-order valence-corrected chi connectivity index (χ0v) is 15.1. The highest BCUT2D eigenvalue weighted by Crippen LogP contribution is 2.27. The van der Waals surface area contributed by atoms with E-state index in [9.17, 15) is 22.8 Å². The first-order valence-corrected chi connectivity index (χ1v) is 8.33. The molecule has 0 spiro atoms. The van der Waals surface area contributed by atoms with Crippen LogP contribution in [0.3, 0.4) is 0 Å². The fourth-order valence-electron chi connectivity index (χ4n) is 2.69. The minimum Gasteiger partial charge on any atom is -0.328 e. The van der Waals surface area contributed by atoms with Gasteiger partial charge in [-0.15, -0.1) is 0 Å². The number of benzene rings is 2. The lowest BCUT2D eigenvalue weighted by molar-refractivity contribution is 0.208. The second kappa shape index (κ2) is 7.55. The van der Waals surface area contributed by atoms with Crippen molar-refractivity contribution in [2.24, 2.45) is 0 Å². The van der Waals surface area contributed by atoms with Crippen LogP contribution in [0.25, 0.3) is 10.8 Å². The number of carbonyl (C=O) groups excluding carboxylic acids is 1. The quantitative estimate of drug-likeness (QED) is 0.647. The number of hydrogen-bond acceptors (Lipinski definition) is 2. The predicted octanol–water partition coefficient (Wildman–Crippen LogP) is 4.82. The summed E-state index contributed by atoms with van der Waals surface area (Å²) in [6.45, 7) is -1.62. The molecule has 2 aromatic carbocycles. The third kappa shape index (κ3) is 3.68. The Balaban J connectivity index is 2.06. The van der Waals surface area contributed by atoms with Crippen LogP contribution in [0, 0.1) is 17.5 Å². The Hall–Kier alpha value is -3.00. The van der Waals surface area contributed by atoms with Crippen LogP contribution in [0.5, 0.6) is 0 Å². The Bertz CT molecular complexity index is 1230. The maximum Gasteiger partial charge on any atom is 0.322 e. The molecule has 0 bridgehead atoms. The maximum absolute atomic E-state index is 13.8. The molecule has 0 radical (unpaired) electrons. The normalized spacial score (nSPS) is 14.1. The number of urea groups is 1. The lowest BCUT2D eigenvalue weighted by Gasteiger charge is -2.26. The van der Waals surface area contributed by atoms with E-state index in [0.717, 1.165) is 24.4 Å². The van der Waals surface area contributed by atoms with Crippen LogP contribution in [0.2, 0.25) is 5.02 Å². The zero-order valence-electron chi connectivity index (χ0n) is 17.3. The lowest BCUT2D eigenvalue weighted by atomic mass is 10.0. The first-order valence-electron chi connectivity index (χ1n) is 9.46. The number of nitrogens with one attached hydrogen (secondary N) is 2. The van der Waals surface area contributed by atoms with E-state index in [0.29, 0.717) is 11.0 Å². The first kappa shape index (κ1) is 16.0. The highest BCUT2D eigenvalue weighted by atomic mass is 35.5. The maximum atomic E-state index is 13.8. The molecule has 0 saturated carbocycles. The van der Waals surface area contributed by atoms with Crippen LogP contribution in [-0.4, -0.2) is 22.9 Å². The number of amides is 2. The van der Waals surface area contributed by atoms with Crippen LogP contribution in [0.1, 0.15) is 22.6 Å². The van der Waals surface area contributed by atoms with E-state index in [2.05, 4.69) is 10.3 Å². The fourth-order valence-corrected chi connectivity index (χ4v) is 2.87. The van der Waals surface area contributed by atoms with Gasteiger partial charge in [-0.3, -0.25) is 4.79 Å². The number of pyridine rings is 1. The van der Waals surface area contributed by atoms with Crippen LogP contribution in [0.4, 0.5) is 23.7 Å². The van der Waals surface area contributed by atoms with Gasteiger partial charge in [0, 0.05) is 23.0 Å². The number of hydrogen-bond donors (Lipinski definition) is 2. The topological polar surface area (TPSA) is 65.2 Å². The Morgan fingerprint density at radius 3 is 2.50 bits per heavy atom. The van der Waals surface area contributed by atoms with Crippen molar-refractivity contribution in [2.45, 2.75) is 13.0 Å². The minimum absolute atomic E-state index is 0.0392. The number of carbonyl (C=O) groups is 1. The largest absolute Gasteiger partial charge is 0.328 e. The van der Waals surface area contributed by atoms with Gasteiger partial charge >= 0.3 is 6.03 Å². The Morgan fingerprint density at radius 2 is 1.86 bits per heavy atom. The molecule has 1 heterocycles. The smallest absolute Gasteiger partial charge is 0.322 e. The SMILES string of the molecule is [2H]C([2H])([2H])N(C(=O)Nc1ccc(F)c(Cl)c1)C(C)c1c[nH]c(=O)c2cc(F)c(F)cc12. The van der Waals surface area contributed by atoms with Crippen LogP contribution in [-0.2, 0) is 0 Å². The summed E-state index contributed by atoms with van der Waals surface area (Å²) >= 11 is 5.68.